The van der Waals surface area contributed by atoms with E-state index in [1.807, 2.05) is 0 Å². The minimum Gasteiger partial charge on any atom is -0.338 e. The molecule has 3 nitrogen and oxygen atoms in total. The Bertz CT molecular complexity index is 659. The molecule has 1 amide bonds. The van der Waals surface area contributed by atoms with Crippen LogP contribution in [0.2, 0.25) is 0 Å². The van der Waals surface area contributed by atoms with Crippen LogP contribution >= 0.6 is 0 Å². The number of piperidine rings is 1. The van der Waals surface area contributed by atoms with E-state index in [1.165, 1.54) is 31.7 Å². The molecular weight excluding hydrogens is 322 g/mol. The molecule has 2 saturated heterocycles. The van der Waals surface area contributed by atoms with Crippen LogP contribution in [-0.2, 0) is 11.3 Å². The van der Waals surface area contributed by atoms with E-state index in [4.69, 9.17) is 0 Å². The van der Waals surface area contributed by atoms with E-state index >= 15 is 0 Å². The van der Waals surface area contributed by atoms with Crippen LogP contribution in [0.1, 0.15) is 50.5 Å². The highest BCUT2D eigenvalue weighted by Gasteiger charge is 2.49. The number of hydrogen-bond donors (Lipinski definition) is 0. The van der Waals surface area contributed by atoms with Gasteiger partial charge in [0.05, 0.1) is 5.41 Å². The van der Waals surface area contributed by atoms with Crippen molar-refractivity contribution in [1.29, 1.82) is 0 Å². The van der Waals surface area contributed by atoms with Crippen molar-refractivity contribution in [3.63, 3.8) is 0 Å². The number of benzene rings is 1. The number of carbonyl (C=O) groups excluding carboxylic acids is 1. The third kappa shape index (κ3) is 3.07. The summed E-state index contributed by atoms with van der Waals surface area (Å²) in [5.41, 5.74) is -0.0268. The maximum Gasteiger partial charge on any atom is 0.230 e. The van der Waals surface area contributed by atoms with Gasteiger partial charge in [0.15, 0.2) is 11.6 Å². The van der Waals surface area contributed by atoms with Crippen LogP contribution < -0.4 is 0 Å². The molecule has 0 N–H and O–H groups in total. The van der Waals surface area contributed by atoms with Gasteiger partial charge in [-0.1, -0.05) is 25.0 Å². The lowest BCUT2D eigenvalue weighted by Gasteiger charge is -2.40. The first-order chi connectivity index (χ1) is 12.1. The summed E-state index contributed by atoms with van der Waals surface area (Å²) in [5, 5.41) is 0. The molecule has 136 valence electrons. The fourth-order valence-electron chi connectivity index (χ4n) is 5.04. The van der Waals surface area contributed by atoms with Crippen molar-refractivity contribution in [3.8, 4) is 0 Å². The van der Waals surface area contributed by atoms with E-state index in [1.54, 1.807) is 11.0 Å². The maximum absolute atomic E-state index is 14.0. The number of halogens is 2. The van der Waals surface area contributed by atoms with Crippen molar-refractivity contribution in [1.82, 2.24) is 9.80 Å². The van der Waals surface area contributed by atoms with Crippen molar-refractivity contribution in [2.45, 2.75) is 57.5 Å². The first kappa shape index (κ1) is 17.0. The highest BCUT2D eigenvalue weighted by atomic mass is 19.2. The molecule has 1 aromatic carbocycles. The molecule has 2 heterocycles. The molecule has 1 unspecified atom stereocenters. The standard InChI is InChI=1S/C20H26F2N2O/c21-17-8-3-5-15(18(17)22)13-23-11-4-9-20(19(23)25)10-12-24(14-20)16-6-1-2-7-16/h3,5,8,16H,1-2,4,6-7,9-14H2. The molecule has 1 saturated carbocycles. The lowest BCUT2D eigenvalue weighted by molar-refractivity contribution is -0.146. The van der Waals surface area contributed by atoms with Crippen LogP contribution in [0.15, 0.2) is 18.2 Å². The Morgan fingerprint density at radius 2 is 1.88 bits per heavy atom. The van der Waals surface area contributed by atoms with Crippen molar-refractivity contribution in [2.75, 3.05) is 19.6 Å². The normalized spacial score (nSPS) is 28.4. The highest BCUT2D eigenvalue weighted by Crippen LogP contribution is 2.42. The van der Waals surface area contributed by atoms with Crippen molar-refractivity contribution < 1.29 is 13.6 Å². The van der Waals surface area contributed by atoms with Crippen molar-refractivity contribution >= 4 is 5.91 Å². The summed E-state index contributed by atoms with van der Waals surface area (Å²) in [6.45, 7) is 2.66. The van der Waals surface area contributed by atoms with Gasteiger partial charge in [-0.15, -0.1) is 0 Å². The Labute approximate surface area is 148 Å². The maximum atomic E-state index is 14.0. The minimum absolute atomic E-state index is 0.142. The molecule has 2 aliphatic heterocycles. The largest absolute Gasteiger partial charge is 0.338 e. The van der Waals surface area contributed by atoms with Crippen molar-refractivity contribution in [2.24, 2.45) is 5.41 Å². The molecule has 0 radical (unpaired) electrons. The predicted molar refractivity (Wildman–Crippen MR) is 91.9 cm³/mol. The molecule has 25 heavy (non-hydrogen) atoms. The second kappa shape index (κ2) is 6.67. The Hall–Kier alpha value is -1.49. The van der Waals surface area contributed by atoms with Crippen LogP contribution in [0.25, 0.3) is 0 Å². The monoisotopic (exact) mass is 348 g/mol. The fourth-order valence-corrected chi connectivity index (χ4v) is 5.04. The number of nitrogens with zero attached hydrogens (tertiary/aromatic N) is 2. The van der Waals surface area contributed by atoms with Crippen LogP contribution in [0, 0.1) is 17.0 Å². The molecule has 1 aromatic rings. The zero-order chi connectivity index (χ0) is 17.4. The van der Waals surface area contributed by atoms with E-state index in [-0.39, 0.29) is 23.4 Å². The number of carbonyl (C=O) groups is 1. The highest BCUT2D eigenvalue weighted by molar-refractivity contribution is 5.84. The van der Waals surface area contributed by atoms with E-state index < -0.39 is 11.6 Å². The van der Waals surface area contributed by atoms with Gasteiger partial charge >= 0.3 is 0 Å². The number of amides is 1. The van der Waals surface area contributed by atoms with Gasteiger partial charge in [-0.3, -0.25) is 9.69 Å². The summed E-state index contributed by atoms with van der Waals surface area (Å²) in [6, 6.07) is 4.85. The number of likely N-dealkylation sites (tertiary alicyclic amines) is 2. The summed E-state index contributed by atoms with van der Waals surface area (Å²) in [5.74, 6) is -1.53. The van der Waals surface area contributed by atoms with E-state index in [0.29, 0.717) is 12.6 Å². The molecular formula is C20H26F2N2O. The number of rotatable bonds is 3. The van der Waals surface area contributed by atoms with E-state index in [2.05, 4.69) is 4.90 Å². The first-order valence-corrected chi connectivity index (χ1v) is 9.55. The summed E-state index contributed by atoms with van der Waals surface area (Å²) >= 11 is 0. The van der Waals surface area contributed by atoms with Gasteiger partial charge < -0.3 is 4.90 Å². The molecule has 3 aliphatic rings. The summed E-state index contributed by atoms with van der Waals surface area (Å²) in [4.78, 5) is 17.5. The van der Waals surface area contributed by atoms with Gasteiger partial charge in [-0.25, -0.2) is 8.78 Å². The van der Waals surface area contributed by atoms with Gasteiger partial charge in [0.2, 0.25) is 5.91 Å². The summed E-state index contributed by atoms with van der Waals surface area (Å²) < 4.78 is 27.5. The van der Waals surface area contributed by atoms with Crippen molar-refractivity contribution in [3.05, 3.63) is 35.4 Å². The third-order valence-corrected chi connectivity index (χ3v) is 6.44. The Balaban J connectivity index is 1.48. The Kier molecular flexibility index (Phi) is 4.52. The Morgan fingerprint density at radius 3 is 2.68 bits per heavy atom. The van der Waals surface area contributed by atoms with E-state index in [9.17, 15) is 13.6 Å². The summed E-state index contributed by atoms with van der Waals surface area (Å²) in [7, 11) is 0. The number of hydrogen-bond acceptors (Lipinski definition) is 2. The van der Waals surface area contributed by atoms with Gasteiger partial charge in [0, 0.05) is 31.2 Å². The van der Waals surface area contributed by atoms with Crippen LogP contribution in [0.5, 0.6) is 0 Å². The summed E-state index contributed by atoms with van der Waals surface area (Å²) in [6.07, 6.45) is 7.88. The van der Waals surface area contributed by atoms with Gasteiger partial charge in [-0.05, 0) is 44.7 Å². The molecule has 0 aromatic heterocycles. The molecule has 5 heteroatoms. The lowest BCUT2D eigenvalue weighted by Crippen LogP contribution is -2.50. The second-order valence-corrected chi connectivity index (χ2v) is 7.98. The van der Waals surface area contributed by atoms with E-state index in [0.717, 1.165) is 38.4 Å². The van der Waals surface area contributed by atoms with Gasteiger partial charge in [-0.2, -0.15) is 0 Å². The van der Waals surface area contributed by atoms with Crippen LogP contribution in [-0.4, -0.2) is 41.4 Å². The smallest absolute Gasteiger partial charge is 0.230 e. The SMILES string of the molecule is O=C1N(Cc2cccc(F)c2F)CCCC12CCN(C1CCCC1)C2. The molecule has 1 atom stereocenters. The lowest BCUT2D eigenvalue weighted by atomic mass is 9.78. The first-order valence-electron chi connectivity index (χ1n) is 9.55. The fraction of sp³-hybridized carbons (Fsp3) is 0.650. The van der Waals surface area contributed by atoms with Gasteiger partial charge in [0.25, 0.3) is 0 Å². The molecule has 0 bridgehead atoms. The zero-order valence-electron chi connectivity index (χ0n) is 14.6. The van der Waals surface area contributed by atoms with Gasteiger partial charge in [0.1, 0.15) is 0 Å². The average molecular weight is 348 g/mol. The minimum atomic E-state index is -0.843. The predicted octanol–water partition coefficient (Wildman–Crippen LogP) is 3.72. The Morgan fingerprint density at radius 1 is 1.08 bits per heavy atom. The molecule has 4 rings (SSSR count). The average Bonchev–Trinajstić information content (AvgIpc) is 3.26. The quantitative estimate of drug-likeness (QED) is 0.831. The topological polar surface area (TPSA) is 23.6 Å². The third-order valence-electron chi connectivity index (χ3n) is 6.44. The second-order valence-electron chi connectivity index (χ2n) is 7.98. The van der Waals surface area contributed by atoms with Crippen LogP contribution in [0.3, 0.4) is 0 Å². The van der Waals surface area contributed by atoms with Crippen LogP contribution in [0.4, 0.5) is 8.78 Å². The molecule has 3 fully saturated rings. The zero-order valence-corrected chi connectivity index (χ0v) is 14.6. The molecule has 1 spiro atoms. The molecule has 1 aliphatic carbocycles.